The monoisotopic (exact) mass is 278 g/mol. The van der Waals surface area contributed by atoms with Crippen molar-refractivity contribution in [3.8, 4) is 0 Å². The SMILES string of the molecule is CC(C)(SCc1cc(=O)n2ccccc2n1)C(=O)O. The number of carboxylic acids is 1. The number of rotatable bonds is 4. The van der Waals surface area contributed by atoms with Crippen molar-refractivity contribution in [2.75, 3.05) is 0 Å². The molecule has 2 rings (SSSR count). The fraction of sp³-hybridized carbons (Fsp3) is 0.308. The molecule has 6 heteroatoms. The zero-order valence-corrected chi connectivity index (χ0v) is 11.5. The van der Waals surface area contributed by atoms with Crippen molar-refractivity contribution in [2.45, 2.75) is 24.3 Å². The van der Waals surface area contributed by atoms with E-state index in [1.807, 2.05) is 0 Å². The van der Waals surface area contributed by atoms with E-state index in [1.165, 1.54) is 22.2 Å². The zero-order valence-electron chi connectivity index (χ0n) is 10.7. The summed E-state index contributed by atoms with van der Waals surface area (Å²) < 4.78 is 0.556. The summed E-state index contributed by atoms with van der Waals surface area (Å²) in [5.41, 5.74) is 1.00. The second-order valence-corrected chi connectivity index (χ2v) is 6.22. The van der Waals surface area contributed by atoms with Gasteiger partial charge in [0.05, 0.1) is 5.69 Å². The molecule has 0 aliphatic heterocycles. The lowest BCUT2D eigenvalue weighted by Gasteiger charge is -2.17. The molecular formula is C13H14N2O3S. The van der Waals surface area contributed by atoms with E-state index in [4.69, 9.17) is 5.11 Å². The maximum absolute atomic E-state index is 11.9. The van der Waals surface area contributed by atoms with Crippen LogP contribution in [0.2, 0.25) is 0 Å². The van der Waals surface area contributed by atoms with Crippen LogP contribution in [0.5, 0.6) is 0 Å². The highest BCUT2D eigenvalue weighted by molar-refractivity contribution is 8.00. The van der Waals surface area contributed by atoms with Gasteiger partial charge in [-0.05, 0) is 26.0 Å². The number of aliphatic carboxylic acids is 1. The third-order valence-corrected chi connectivity index (χ3v) is 4.06. The summed E-state index contributed by atoms with van der Waals surface area (Å²) >= 11 is 1.25. The van der Waals surface area contributed by atoms with Gasteiger partial charge in [-0.1, -0.05) is 6.07 Å². The van der Waals surface area contributed by atoms with Crippen LogP contribution >= 0.6 is 11.8 Å². The average Bonchev–Trinajstić information content (AvgIpc) is 2.36. The zero-order chi connectivity index (χ0) is 14.0. The van der Waals surface area contributed by atoms with E-state index < -0.39 is 10.7 Å². The summed E-state index contributed by atoms with van der Waals surface area (Å²) in [4.78, 5) is 27.2. The van der Waals surface area contributed by atoms with Crippen molar-refractivity contribution in [1.82, 2.24) is 9.38 Å². The van der Waals surface area contributed by atoms with Crippen LogP contribution < -0.4 is 5.56 Å². The normalized spacial score (nSPS) is 11.7. The molecule has 2 aromatic rings. The number of hydrogen-bond acceptors (Lipinski definition) is 4. The minimum atomic E-state index is -0.899. The Morgan fingerprint density at radius 2 is 2.21 bits per heavy atom. The lowest BCUT2D eigenvalue weighted by molar-refractivity contribution is -0.138. The third-order valence-electron chi connectivity index (χ3n) is 2.72. The molecule has 0 radical (unpaired) electrons. The van der Waals surface area contributed by atoms with Crippen LogP contribution in [0.3, 0.4) is 0 Å². The number of hydrogen-bond donors (Lipinski definition) is 1. The van der Waals surface area contributed by atoms with E-state index in [-0.39, 0.29) is 5.56 Å². The highest BCUT2D eigenvalue weighted by Gasteiger charge is 2.27. The predicted molar refractivity (Wildman–Crippen MR) is 74.5 cm³/mol. The molecule has 19 heavy (non-hydrogen) atoms. The van der Waals surface area contributed by atoms with Crippen LogP contribution in [0.25, 0.3) is 5.65 Å². The van der Waals surface area contributed by atoms with Gasteiger partial charge < -0.3 is 5.11 Å². The Kier molecular flexibility index (Phi) is 3.61. The van der Waals surface area contributed by atoms with Gasteiger partial charge in [0.1, 0.15) is 10.4 Å². The number of fused-ring (bicyclic) bond motifs is 1. The number of pyridine rings is 1. The standard InChI is InChI=1S/C13H14N2O3S/c1-13(2,12(17)18)19-8-9-7-11(16)15-6-4-3-5-10(15)14-9/h3-7H,8H2,1-2H3,(H,17,18). The van der Waals surface area contributed by atoms with Crippen LogP contribution in [0.4, 0.5) is 0 Å². The Hall–Kier alpha value is -1.82. The van der Waals surface area contributed by atoms with Gasteiger partial charge in [0.15, 0.2) is 0 Å². The summed E-state index contributed by atoms with van der Waals surface area (Å²) in [6.45, 7) is 3.27. The lowest BCUT2D eigenvalue weighted by Crippen LogP contribution is -2.27. The molecule has 0 aliphatic carbocycles. The Morgan fingerprint density at radius 3 is 2.89 bits per heavy atom. The number of carboxylic acid groups (broad SMARTS) is 1. The fourth-order valence-corrected chi connectivity index (χ4v) is 2.27. The van der Waals surface area contributed by atoms with E-state index in [1.54, 1.807) is 38.2 Å². The van der Waals surface area contributed by atoms with Crippen LogP contribution in [-0.2, 0) is 10.5 Å². The number of thioether (sulfide) groups is 1. The predicted octanol–water partition coefficient (Wildman–Crippen LogP) is 1.79. The molecule has 2 aromatic heterocycles. The van der Waals surface area contributed by atoms with Crippen LogP contribution in [0, 0.1) is 0 Å². The average molecular weight is 278 g/mol. The van der Waals surface area contributed by atoms with Gasteiger partial charge in [-0.25, -0.2) is 4.98 Å². The van der Waals surface area contributed by atoms with Gasteiger partial charge in [0.2, 0.25) is 0 Å². The second-order valence-electron chi connectivity index (χ2n) is 4.62. The van der Waals surface area contributed by atoms with E-state index in [0.717, 1.165) is 0 Å². The topological polar surface area (TPSA) is 71.7 Å². The summed E-state index contributed by atoms with van der Waals surface area (Å²) in [7, 11) is 0. The summed E-state index contributed by atoms with van der Waals surface area (Å²) in [6, 6.07) is 6.76. The smallest absolute Gasteiger partial charge is 0.319 e. The number of carbonyl (C=O) groups is 1. The van der Waals surface area contributed by atoms with Gasteiger partial charge in [-0.3, -0.25) is 14.0 Å². The minimum absolute atomic E-state index is 0.158. The molecule has 0 bridgehead atoms. The van der Waals surface area contributed by atoms with E-state index in [0.29, 0.717) is 17.1 Å². The van der Waals surface area contributed by atoms with Crippen LogP contribution in [-0.4, -0.2) is 25.2 Å². The van der Waals surface area contributed by atoms with Gasteiger partial charge in [-0.15, -0.1) is 11.8 Å². The van der Waals surface area contributed by atoms with E-state index in [9.17, 15) is 9.59 Å². The molecule has 0 unspecified atom stereocenters. The Morgan fingerprint density at radius 1 is 1.47 bits per heavy atom. The van der Waals surface area contributed by atoms with Crippen molar-refractivity contribution in [2.24, 2.45) is 0 Å². The first-order valence-electron chi connectivity index (χ1n) is 5.75. The second kappa shape index (κ2) is 5.05. The molecule has 0 atom stereocenters. The van der Waals surface area contributed by atoms with E-state index >= 15 is 0 Å². The molecule has 0 aliphatic rings. The lowest BCUT2D eigenvalue weighted by atomic mass is 10.2. The first-order chi connectivity index (χ1) is 8.90. The molecule has 2 heterocycles. The molecule has 5 nitrogen and oxygen atoms in total. The Balaban J connectivity index is 2.27. The highest BCUT2D eigenvalue weighted by atomic mass is 32.2. The van der Waals surface area contributed by atoms with Crippen molar-refractivity contribution >= 4 is 23.4 Å². The first kappa shape index (κ1) is 13.6. The van der Waals surface area contributed by atoms with Gasteiger partial charge in [0, 0.05) is 18.0 Å². The van der Waals surface area contributed by atoms with Crippen molar-refractivity contribution in [3.05, 3.63) is 46.5 Å². The Labute approximate surface area is 114 Å². The molecule has 1 N–H and O–H groups in total. The molecule has 0 aromatic carbocycles. The highest BCUT2D eigenvalue weighted by Crippen LogP contribution is 2.27. The van der Waals surface area contributed by atoms with Crippen LogP contribution in [0.15, 0.2) is 35.3 Å². The summed E-state index contributed by atoms with van der Waals surface area (Å²) in [6.07, 6.45) is 1.66. The largest absolute Gasteiger partial charge is 0.480 e. The molecule has 0 amide bonds. The Bertz CT molecular complexity index is 679. The van der Waals surface area contributed by atoms with Gasteiger partial charge in [0.25, 0.3) is 5.56 Å². The van der Waals surface area contributed by atoms with Gasteiger partial charge in [-0.2, -0.15) is 0 Å². The van der Waals surface area contributed by atoms with Crippen molar-refractivity contribution in [3.63, 3.8) is 0 Å². The maximum atomic E-state index is 11.9. The first-order valence-corrected chi connectivity index (χ1v) is 6.73. The third kappa shape index (κ3) is 2.96. The maximum Gasteiger partial charge on any atom is 0.319 e. The molecule has 0 saturated heterocycles. The van der Waals surface area contributed by atoms with Crippen molar-refractivity contribution < 1.29 is 9.90 Å². The number of nitrogens with zero attached hydrogens (tertiary/aromatic N) is 2. The molecule has 0 fully saturated rings. The summed E-state index contributed by atoms with van der Waals surface area (Å²) in [5.74, 6) is -0.491. The minimum Gasteiger partial charge on any atom is -0.480 e. The van der Waals surface area contributed by atoms with Gasteiger partial charge >= 0.3 is 5.97 Å². The van der Waals surface area contributed by atoms with E-state index in [2.05, 4.69) is 4.98 Å². The molecular weight excluding hydrogens is 264 g/mol. The van der Waals surface area contributed by atoms with Crippen molar-refractivity contribution in [1.29, 1.82) is 0 Å². The quantitative estimate of drug-likeness (QED) is 0.923. The summed E-state index contributed by atoms with van der Waals surface area (Å²) in [5, 5.41) is 9.04. The number of aromatic nitrogens is 2. The molecule has 0 spiro atoms. The fourth-order valence-electron chi connectivity index (χ4n) is 1.49. The molecule has 0 saturated carbocycles. The molecule has 100 valence electrons. The van der Waals surface area contributed by atoms with Crippen LogP contribution in [0.1, 0.15) is 19.5 Å².